The number of fused-ring (bicyclic) bond motifs is 1. The average Bonchev–Trinajstić information content (AvgIpc) is 3.13. The fourth-order valence-corrected chi connectivity index (χ4v) is 4.26. The number of H-pyrrole nitrogens is 1. The molecule has 3 aromatic rings. The van der Waals surface area contributed by atoms with Crippen LogP contribution in [0.3, 0.4) is 0 Å². The second-order valence-electron chi connectivity index (χ2n) is 6.29. The van der Waals surface area contributed by atoms with Gasteiger partial charge in [0.25, 0.3) is 0 Å². The van der Waals surface area contributed by atoms with Crippen LogP contribution >= 0.6 is 24.0 Å². The fourth-order valence-electron chi connectivity index (χ4n) is 3.09. The SMILES string of the molecule is O=C(CCN1C(=O)CSc2ccccc21)Nc1cccc(-n2cc[nH]c2=S)c1. The Bertz CT molecular complexity index is 1090. The van der Waals surface area contributed by atoms with E-state index in [2.05, 4.69) is 10.3 Å². The molecule has 6 nitrogen and oxygen atoms in total. The lowest BCUT2D eigenvalue weighted by molar-refractivity contribution is -0.117. The number of thioether (sulfide) groups is 1. The first kappa shape index (κ1) is 18.5. The number of nitrogens with zero attached hydrogens (tertiary/aromatic N) is 2. The number of amides is 2. The molecule has 0 fully saturated rings. The third-order valence-electron chi connectivity index (χ3n) is 4.43. The number of aromatic nitrogens is 2. The quantitative estimate of drug-likeness (QED) is 0.624. The van der Waals surface area contributed by atoms with E-state index in [9.17, 15) is 9.59 Å². The Kier molecular flexibility index (Phi) is 5.31. The number of rotatable bonds is 5. The zero-order chi connectivity index (χ0) is 19.5. The van der Waals surface area contributed by atoms with E-state index in [-0.39, 0.29) is 18.2 Å². The van der Waals surface area contributed by atoms with Crippen LogP contribution in [0.1, 0.15) is 6.42 Å². The van der Waals surface area contributed by atoms with Gasteiger partial charge in [-0.1, -0.05) is 18.2 Å². The van der Waals surface area contributed by atoms with E-state index in [0.717, 1.165) is 16.3 Å². The minimum Gasteiger partial charge on any atom is -0.337 e. The van der Waals surface area contributed by atoms with Crippen LogP contribution in [-0.2, 0) is 9.59 Å². The fraction of sp³-hybridized carbons (Fsp3) is 0.150. The Morgan fingerprint density at radius 3 is 2.89 bits per heavy atom. The number of anilines is 2. The summed E-state index contributed by atoms with van der Waals surface area (Å²) in [6.45, 7) is 0.352. The first-order chi connectivity index (χ1) is 13.6. The molecule has 142 valence electrons. The van der Waals surface area contributed by atoms with Crippen LogP contribution < -0.4 is 10.2 Å². The van der Waals surface area contributed by atoms with Gasteiger partial charge in [0.05, 0.1) is 11.4 Å². The van der Waals surface area contributed by atoms with Crippen molar-refractivity contribution in [2.75, 3.05) is 22.5 Å². The molecule has 2 aromatic carbocycles. The summed E-state index contributed by atoms with van der Waals surface area (Å²) in [5.41, 5.74) is 2.42. The number of para-hydroxylation sites is 1. The van der Waals surface area contributed by atoms with Crippen molar-refractivity contribution in [3.05, 3.63) is 65.7 Å². The van der Waals surface area contributed by atoms with Crippen LogP contribution in [-0.4, -0.2) is 33.7 Å². The van der Waals surface area contributed by atoms with E-state index in [4.69, 9.17) is 12.2 Å². The maximum atomic E-state index is 12.5. The van der Waals surface area contributed by atoms with Gasteiger partial charge in [0.15, 0.2) is 4.77 Å². The molecule has 28 heavy (non-hydrogen) atoms. The summed E-state index contributed by atoms with van der Waals surface area (Å²) in [6.07, 6.45) is 3.82. The molecule has 0 radical (unpaired) electrons. The van der Waals surface area contributed by atoms with Gasteiger partial charge in [-0.3, -0.25) is 14.2 Å². The van der Waals surface area contributed by atoms with Gasteiger partial charge in [-0.05, 0) is 42.5 Å². The largest absolute Gasteiger partial charge is 0.337 e. The molecule has 0 saturated heterocycles. The number of imidazole rings is 1. The smallest absolute Gasteiger partial charge is 0.237 e. The Labute approximate surface area is 171 Å². The molecule has 2 amide bonds. The third-order valence-corrected chi connectivity index (χ3v) is 5.79. The number of hydrogen-bond donors (Lipinski definition) is 2. The van der Waals surface area contributed by atoms with Crippen molar-refractivity contribution < 1.29 is 9.59 Å². The number of benzene rings is 2. The van der Waals surface area contributed by atoms with Crippen LogP contribution in [0.2, 0.25) is 0 Å². The van der Waals surface area contributed by atoms with Crippen LogP contribution in [0, 0.1) is 4.77 Å². The van der Waals surface area contributed by atoms with Crippen LogP contribution in [0.5, 0.6) is 0 Å². The summed E-state index contributed by atoms with van der Waals surface area (Å²) in [5, 5.41) is 2.90. The van der Waals surface area contributed by atoms with Crippen molar-refractivity contribution in [2.24, 2.45) is 0 Å². The second-order valence-corrected chi connectivity index (χ2v) is 7.69. The van der Waals surface area contributed by atoms with E-state index in [1.54, 1.807) is 11.1 Å². The summed E-state index contributed by atoms with van der Waals surface area (Å²) in [7, 11) is 0. The lowest BCUT2D eigenvalue weighted by Crippen LogP contribution is -2.37. The van der Waals surface area contributed by atoms with Crippen molar-refractivity contribution >= 4 is 47.2 Å². The molecule has 0 bridgehead atoms. The molecule has 2 N–H and O–H groups in total. The number of hydrogen-bond acceptors (Lipinski definition) is 4. The molecule has 0 aliphatic carbocycles. The highest BCUT2D eigenvalue weighted by Crippen LogP contribution is 2.34. The predicted molar refractivity (Wildman–Crippen MR) is 114 cm³/mol. The minimum absolute atomic E-state index is 0.0281. The highest BCUT2D eigenvalue weighted by molar-refractivity contribution is 8.00. The molecular weight excluding hydrogens is 392 g/mol. The van der Waals surface area contributed by atoms with Gasteiger partial charge in [0.2, 0.25) is 11.8 Å². The van der Waals surface area contributed by atoms with E-state index in [1.807, 2.05) is 59.3 Å². The van der Waals surface area contributed by atoms with Gasteiger partial charge in [0, 0.05) is 41.6 Å². The maximum Gasteiger partial charge on any atom is 0.237 e. The van der Waals surface area contributed by atoms with E-state index < -0.39 is 0 Å². The molecule has 1 aromatic heterocycles. The Morgan fingerprint density at radius 2 is 2.07 bits per heavy atom. The number of aromatic amines is 1. The molecule has 0 saturated carbocycles. The van der Waals surface area contributed by atoms with Crippen molar-refractivity contribution in [3.63, 3.8) is 0 Å². The van der Waals surface area contributed by atoms with Crippen LogP contribution in [0.25, 0.3) is 5.69 Å². The van der Waals surface area contributed by atoms with Gasteiger partial charge in [0.1, 0.15) is 0 Å². The van der Waals surface area contributed by atoms with E-state index in [1.165, 1.54) is 11.8 Å². The van der Waals surface area contributed by atoms with Gasteiger partial charge in [-0.25, -0.2) is 0 Å². The summed E-state index contributed by atoms with van der Waals surface area (Å²) in [6, 6.07) is 15.2. The average molecular weight is 411 g/mol. The molecule has 8 heteroatoms. The highest BCUT2D eigenvalue weighted by Gasteiger charge is 2.24. The number of carbonyl (C=O) groups excluding carboxylic acids is 2. The zero-order valence-electron chi connectivity index (χ0n) is 14.9. The normalized spacial score (nSPS) is 13.3. The zero-order valence-corrected chi connectivity index (χ0v) is 16.6. The molecular formula is C20H18N4O2S2. The molecule has 2 heterocycles. The first-order valence-electron chi connectivity index (χ1n) is 8.80. The molecule has 1 aliphatic heterocycles. The Balaban J connectivity index is 1.42. The van der Waals surface area contributed by atoms with Crippen molar-refractivity contribution in [3.8, 4) is 5.69 Å². The first-order valence-corrected chi connectivity index (χ1v) is 10.2. The summed E-state index contributed by atoms with van der Waals surface area (Å²) in [4.78, 5) is 30.5. The van der Waals surface area contributed by atoms with Gasteiger partial charge >= 0.3 is 0 Å². The summed E-state index contributed by atoms with van der Waals surface area (Å²) in [5.74, 6) is 0.288. The van der Waals surface area contributed by atoms with Crippen LogP contribution in [0.4, 0.5) is 11.4 Å². The highest BCUT2D eigenvalue weighted by atomic mass is 32.2. The molecule has 0 atom stereocenters. The van der Waals surface area contributed by atoms with Gasteiger partial charge in [-0.15, -0.1) is 11.8 Å². The minimum atomic E-state index is -0.140. The standard InChI is InChI=1S/C20H18N4O2S2/c25-18(8-10-24-16-6-1-2-7-17(16)28-13-19(24)26)22-14-4-3-5-15(12-14)23-11-9-21-20(23)27/h1-7,9,11-12H,8,10,13H2,(H,21,27)(H,22,25). The second kappa shape index (κ2) is 8.04. The molecule has 1 aliphatic rings. The maximum absolute atomic E-state index is 12.5. The molecule has 4 rings (SSSR count). The van der Waals surface area contributed by atoms with Gasteiger partial charge < -0.3 is 15.2 Å². The monoisotopic (exact) mass is 410 g/mol. The van der Waals surface area contributed by atoms with Gasteiger partial charge in [-0.2, -0.15) is 0 Å². The van der Waals surface area contributed by atoms with E-state index >= 15 is 0 Å². The van der Waals surface area contributed by atoms with Crippen molar-refractivity contribution in [1.29, 1.82) is 0 Å². The Hall–Kier alpha value is -2.84. The lowest BCUT2D eigenvalue weighted by atomic mass is 10.2. The predicted octanol–water partition coefficient (Wildman–Crippen LogP) is 4.00. The third kappa shape index (κ3) is 3.88. The topological polar surface area (TPSA) is 70.1 Å². The van der Waals surface area contributed by atoms with Crippen molar-refractivity contribution in [2.45, 2.75) is 11.3 Å². The number of carbonyl (C=O) groups is 2. The molecule has 0 unspecified atom stereocenters. The van der Waals surface area contributed by atoms with E-state index in [0.29, 0.717) is 22.8 Å². The lowest BCUT2D eigenvalue weighted by Gasteiger charge is -2.28. The summed E-state index contributed by atoms with van der Waals surface area (Å²) < 4.78 is 2.41. The van der Waals surface area contributed by atoms with Crippen LogP contribution in [0.15, 0.2) is 65.8 Å². The molecule has 0 spiro atoms. The van der Waals surface area contributed by atoms with Crippen molar-refractivity contribution in [1.82, 2.24) is 9.55 Å². The Morgan fingerprint density at radius 1 is 1.21 bits per heavy atom. The number of nitrogens with one attached hydrogen (secondary N) is 2. The summed E-state index contributed by atoms with van der Waals surface area (Å²) >= 11 is 6.77.